The van der Waals surface area contributed by atoms with E-state index < -0.39 is 12.9 Å². The maximum Gasteiger partial charge on any atom is 0.350 e. The third kappa shape index (κ3) is 2.78. The zero-order valence-electron chi connectivity index (χ0n) is 17.9. The number of fused-ring (bicyclic) bond motifs is 3. The molecule has 3 aromatic rings. The zero-order chi connectivity index (χ0) is 22.5. The minimum atomic E-state index is -2.67. The number of halogens is 1. The number of aryl methyl sites for hydroxylation is 1. The van der Waals surface area contributed by atoms with Crippen molar-refractivity contribution in [2.75, 3.05) is 24.2 Å². The van der Waals surface area contributed by atoms with Gasteiger partial charge in [0.25, 0.3) is 5.91 Å². The van der Waals surface area contributed by atoms with Gasteiger partial charge in [-0.25, -0.2) is 24.0 Å². The van der Waals surface area contributed by atoms with Crippen molar-refractivity contribution in [1.29, 1.82) is 0 Å². The molecule has 1 aliphatic rings. The minimum Gasteiger partial charge on any atom is -0.362 e. The van der Waals surface area contributed by atoms with E-state index in [1.807, 2.05) is 17.3 Å². The first kappa shape index (κ1) is 14.6. The Bertz CT molecular complexity index is 1250. The van der Waals surface area contributed by atoms with Gasteiger partial charge in [-0.15, -0.1) is 0 Å². The van der Waals surface area contributed by atoms with Crippen molar-refractivity contribution in [3.05, 3.63) is 51.6 Å². The summed E-state index contributed by atoms with van der Waals surface area (Å²) in [6.07, 6.45) is 2.68. The highest BCUT2D eigenvalue weighted by atomic mass is 35.5. The fourth-order valence-corrected chi connectivity index (χ4v) is 3.31. The molecule has 0 saturated carbocycles. The third-order valence-corrected chi connectivity index (χ3v) is 4.58. The van der Waals surface area contributed by atoms with Gasteiger partial charge < -0.3 is 15.5 Å². The first-order valence-corrected chi connectivity index (χ1v) is 8.53. The van der Waals surface area contributed by atoms with Crippen molar-refractivity contribution in [3.8, 4) is 5.69 Å². The Kier molecular flexibility index (Phi) is 3.47. The Balaban J connectivity index is 1.80. The zero-order valence-corrected chi connectivity index (χ0v) is 15.7. The largest absolute Gasteiger partial charge is 0.362 e. The SMILES string of the molecule is [2H]C([2H])([2H])NC(=O)c1cnc(Cl)cc1Nc1nccc2c1N(C)Cc1nn(C)c(=O)n1-2. The normalized spacial score (nSPS) is 14.4. The molecule has 0 fully saturated rings. The van der Waals surface area contributed by atoms with Crippen LogP contribution in [0, 0.1) is 0 Å². The number of aromatic nitrogens is 5. The van der Waals surface area contributed by atoms with Crippen LogP contribution in [0.2, 0.25) is 5.15 Å². The quantitative estimate of drug-likeness (QED) is 0.629. The molecule has 0 radical (unpaired) electrons. The van der Waals surface area contributed by atoms with E-state index in [4.69, 9.17) is 15.7 Å². The molecule has 4 rings (SSSR count). The van der Waals surface area contributed by atoms with Gasteiger partial charge >= 0.3 is 5.69 Å². The number of amides is 1. The lowest BCUT2D eigenvalue weighted by molar-refractivity contribution is 0.0963. The molecule has 144 valence electrons. The van der Waals surface area contributed by atoms with Gasteiger partial charge in [-0.1, -0.05) is 11.6 Å². The summed E-state index contributed by atoms with van der Waals surface area (Å²) in [6.45, 7) is -2.32. The first-order valence-electron chi connectivity index (χ1n) is 9.65. The average molecular weight is 404 g/mol. The number of anilines is 3. The van der Waals surface area contributed by atoms with E-state index in [0.717, 1.165) is 0 Å². The van der Waals surface area contributed by atoms with Crippen molar-refractivity contribution >= 4 is 34.7 Å². The van der Waals surface area contributed by atoms with Crippen molar-refractivity contribution < 1.29 is 8.91 Å². The smallest absolute Gasteiger partial charge is 0.350 e. The maximum atomic E-state index is 12.5. The average Bonchev–Trinajstić information content (AvgIpc) is 2.94. The van der Waals surface area contributed by atoms with Crippen molar-refractivity contribution in [2.24, 2.45) is 7.05 Å². The lowest BCUT2D eigenvalue weighted by Gasteiger charge is -2.29. The molecule has 0 spiro atoms. The fourth-order valence-electron chi connectivity index (χ4n) is 3.15. The van der Waals surface area contributed by atoms with E-state index in [1.54, 1.807) is 13.1 Å². The van der Waals surface area contributed by atoms with Gasteiger partial charge in [-0.05, 0) is 12.1 Å². The van der Waals surface area contributed by atoms with Crippen LogP contribution in [0.3, 0.4) is 0 Å². The molecule has 3 aromatic heterocycles. The molecule has 0 unspecified atom stereocenters. The van der Waals surface area contributed by atoms with Gasteiger partial charge in [0.2, 0.25) is 0 Å². The van der Waals surface area contributed by atoms with Crippen LogP contribution in [0.4, 0.5) is 17.2 Å². The summed E-state index contributed by atoms with van der Waals surface area (Å²) in [7, 11) is 3.39. The summed E-state index contributed by atoms with van der Waals surface area (Å²) < 4.78 is 24.5. The maximum absolute atomic E-state index is 12.5. The lowest BCUT2D eigenvalue weighted by atomic mass is 10.2. The molecule has 1 amide bonds. The molecule has 0 atom stereocenters. The second-order valence-corrected chi connectivity index (χ2v) is 6.56. The van der Waals surface area contributed by atoms with E-state index in [1.165, 1.54) is 27.7 Å². The number of nitrogens with zero attached hydrogens (tertiary/aromatic N) is 6. The predicted octanol–water partition coefficient (Wildman–Crippen LogP) is 1.07. The molecule has 11 heteroatoms. The Morgan fingerprint density at radius 1 is 1.36 bits per heavy atom. The van der Waals surface area contributed by atoms with Crippen LogP contribution in [0.15, 0.2) is 29.3 Å². The summed E-state index contributed by atoms with van der Waals surface area (Å²) in [5, 5.41) is 9.30. The van der Waals surface area contributed by atoms with E-state index >= 15 is 0 Å². The molecule has 0 aliphatic carbocycles. The number of nitrogens with one attached hydrogen (secondary N) is 2. The molecule has 0 bridgehead atoms. The number of hydrogen-bond acceptors (Lipinski definition) is 7. The molecule has 0 aromatic carbocycles. The van der Waals surface area contributed by atoms with Crippen molar-refractivity contribution in [2.45, 2.75) is 6.54 Å². The standard InChI is InChI=1S/C17H17ClN8O2/c1-19-16(27)9-7-21-12(18)6-10(9)22-15-14-11(4-5-20-15)26-13(8-24(14)2)23-25(3)17(26)28/h4-7H,8H2,1-3H3,(H,19,27)(H,20,21,22)/i1D3. The molecule has 2 N–H and O–H groups in total. The number of carbonyl (C=O) groups is 1. The van der Waals surface area contributed by atoms with E-state index in [-0.39, 0.29) is 22.1 Å². The lowest BCUT2D eigenvalue weighted by Crippen LogP contribution is -2.31. The van der Waals surface area contributed by atoms with E-state index in [2.05, 4.69) is 20.4 Å². The number of carbonyl (C=O) groups excluding carboxylic acids is 1. The van der Waals surface area contributed by atoms with Gasteiger partial charge in [0.05, 0.1) is 23.5 Å². The van der Waals surface area contributed by atoms with Crippen LogP contribution >= 0.6 is 11.6 Å². The first-order chi connectivity index (χ1) is 14.5. The predicted molar refractivity (Wildman–Crippen MR) is 105 cm³/mol. The van der Waals surface area contributed by atoms with E-state index in [0.29, 0.717) is 29.6 Å². The van der Waals surface area contributed by atoms with Gasteiger partial charge in [0.1, 0.15) is 10.8 Å². The van der Waals surface area contributed by atoms with Crippen LogP contribution in [-0.2, 0) is 13.6 Å². The van der Waals surface area contributed by atoms with Gasteiger partial charge in [0, 0.05) is 37.6 Å². The van der Waals surface area contributed by atoms with E-state index in [9.17, 15) is 9.59 Å². The van der Waals surface area contributed by atoms with Gasteiger partial charge in [-0.2, -0.15) is 5.10 Å². The Hall–Kier alpha value is -3.40. The second-order valence-electron chi connectivity index (χ2n) is 6.17. The van der Waals surface area contributed by atoms with Crippen LogP contribution in [0.25, 0.3) is 5.69 Å². The van der Waals surface area contributed by atoms with Crippen LogP contribution < -0.4 is 21.2 Å². The highest BCUT2D eigenvalue weighted by Crippen LogP contribution is 2.36. The summed E-state index contributed by atoms with van der Waals surface area (Å²) in [5.41, 5.74) is 1.04. The Morgan fingerprint density at radius 3 is 2.96 bits per heavy atom. The summed E-state index contributed by atoms with van der Waals surface area (Å²) in [6, 6.07) is 3.08. The molecule has 0 saturated heterocycles. The minimum absolute atomic E-state index is 0.0300. The second kappa shape index (κ2) is 6.64. The molecule has 10 nitrogen and oxygen atoms in total. The molecule has 4 heterocycles. The Labute approximate surface area is 169 Å². The number of rotatable bonds is 3. The van der Waals surface area contributed by atoms with Crippen LogP contribution in [-0.4, -0.2) is 44.2 Å². The number of pyridine rings is 2. The summed E-state index contributed by atoms with van der Waals surface area (Å²) >= 11 is 6.00. The van der Waals surface area contributed by atoms with Gasteiger partial charge in [0.15, 0.2) is 11.6 Å². The molecular formula is C17H17ClN8O2. The fraction of sp³-hybridized carbons (Fsp3) is 0.235. The molecule has 1 aliphatic heterocycles. The van der Waals surface area contributed by atoms with Gasteiger partial charge in [-0.3, -0.25) is 4.79 Å². The van der Waals surface area contributed by atoms with Crippen LogP contribution in [0.1, 0.15) is 20.3 Å². The van der Waals surface area contributed by atoms with Crippen molar-refractivity contribution in [1.82, 2.24) is 29.6 Å². The highest BCUT2D eigenvalue weighted by Gasteiger charge is 2.27. The highest BCUT2D eigenvalue weighted by molar-refractivity contribution is 6.29. The Morgan fingerprint density at radius 2 is 2.18 bits per heavy atom. The molecule has 28 heavy (non-hydrogen) atoms. The van der Waals surface area contributed by atoms with Crippen molar-refractivity contribution in [3.63, 3.8) is 0 Å². The summed E-state index contributed by atoms with van der Waals surface area (Å²) in [4.78, 5) is 35.1. The third-order valence-electron chi connectivity index (χ3n) is 4.38. The monoisotopic (exact) mass is 403 g/mol. The summed E-state index contributed by atoms with van der Waals surface area (Å²) in [5.74, 6) is 0.0616. The number of hydrogen-bond donors (Lipinski definition) is 2. The van der Waals surface area contributed by atoms with Crippen LogP contribution in [0.5, 0.6) is 0 Å². The topological polar surface area (TPSA) is 110 Å². The molecular weight excluding hydrogens is 384 g/mol.